The molecule has 3 nitrogen and oxygen atoms in total. The normalized spacial score (nSPS) is 12.4. The van der Waals surface area contributed by atoms with E-state index in [1.54, 1.807) is 30.6 Å². The topological polar surface area (TPSA) is 59.1 Å². The minimum absolute atomic E-state index is 0.492. The third-order valence-electron chi connectivity index (χ3n) is 2.56. The quantitative estimate of drug-likeness (QED) is 0.821. The standard InChI is InChI=1S/C13H13ClN2O/c14-12-8-10(15)1-2-11(12)13(17)7-9-3-5-16-6-4-9/h1-6,8,13,17H,7,15H2. The molecule has 0 saturated heterocycles. The van der Waals surface area contributed by atoms with Crippen molar-refractivity contribution in [2.75, 3.05) is 5.73 Å². The number of hydrogen-bond acceptors (Lipinski definition) is 3. The largest absolute Gasteiger partial charge is 0.399 e. The predicted molar refractivity (Wildman–Crippen MR) is 68.8 cm³/mol. The lowest BCUT2D eigenvalue weighted by Crippen LogP contribution is -2.03. The number of nitrogen functional groups attached to an aromatic ring is 1. The molecule has 2 aromatic rings. The molecule has 1 atom stereocenters. The summed E-state index contributed by atoms with van der Waals surface area (Å²) in [5, 5.41) is 10.6. The lowest BCUT2D eigenvalue weighted by atomic mass is 10.0. The van der Waals surface area contributed by atoms with Gasteiger partial charge in [0.1, 0.15) is 0 Å². The molecule has 0 aliphatic rings. The third kappa shape index (κ3) is 2.96. The van der Waals surface area contributed by atoms with E-state index in [9.17, 15) is 5.11 Å². The van der Waals surface area contributed by atoms with Crippen molar-refractivity contribution in [3.63, 3.8) is 0 Å². The molecule has 1 unspecified atom stereocenters. The van der Waals surface area contributed by atoms with Crippen molar-refractivity contribution in [1.82, 2.24) is 4.98 Å². The van der Waals surface area contributed by atoms with Crippen molar-refractivity contribution >= 4 is 17.3 Å². The zero-order valence-corrected chi connectivity index (χ0v) is 9.93. The van der Waals surface area contributed by atoms with Gasteiger partial charge in [-0.2, -0.15) is 0 Å². The molecule has 0 radical (unpaired) electrons. The van der Waals surface area contributed by atoms with Crippen molar-refractivity contribution < 1.29 is 5.11 Å². The predicted octanol–water partition coefficient (Wildman–Crippen LogP) is 2.59. The summed E-state index contributed by atoms with van der Waals surface area (Å²) >= 11 is 6.04. The van der Waals surface area contributed by atoms with E-state index in [0.717, 1.165) is 5.56 Å². The number of aliphatic hydroxyl groups is 1. The number of nitrogens with two attached hydrogens (primary N) is 1. The third-order valence-corrected chi connectivity index (χ3v) is 2.89. The molecule has 17 heavy (non-hydrogen) atoms. The molecule has 0 spiro atoms. The van der Waals surface area contributed by atoms with Crippen LogP contribution in [0.5, 0.6) is 0 Å². The fourth-order valence-corrected chi connectivity index (χ4v) is 1.98. The first-order valence-electron chi connectivity index (χ1n) is 5.28. The number of nitrogens with zero attached hydrogens (tertiary/aromatic N) is 1. The first kappa shape index (κ1) is 11.9. The number of benzene rings is 1. The Labute approximate surface area is 105 Å². The van der Waals surface area contributed by atoms with Crippen LogP contribution in [0.25, 0.3) is 0 Å². The monoisotopic (exact) mass is 248 g/mol. The fraction of sp³-hybridized carbons (Fsp3) is 0.154. The molecule has 1 aromatic carbocycles. The van der Waals surface area contributed by atoms with Crippen LogP contribution in [0.2, 0.25) is 5.02 Å². The summed E-state index contributed by atoms with van der Waals surface area (Å²) in [7, 11) is 0. The second-order valence-corrected chi connectivity index (χ2v) is 4.26. The molecule has 88 valence electrons. The molecule has 0 aliphatic heterocycles. The molecule has 0 aliphatic carbocycles. The van der Waals surface area contributed by atoms with E-state index in [4.69, 9.17) is 17.3 Å². The number of hydrogen-bond donors (Lipinski definition) is 2. The summed E-state index contributed by atoms with van der Waals surface area (Å²) in [5.74, 6) is 0. The Morgan fingerprint density at radius 1 is 1.24 bits per heavy atom. The molecular formula is C13H13ClN2O. The molecule has 0 amide bonds. The molecule has 0 bridgehead atoms. The van der Waals surface area contributed by atoms with Gasteiger partial charge in [0.25, 0.3) is 0 Å². The Morgan fingerprint density at radius 2 is 1.94 bits per heavy atom. The van der Waals surface area contributed by atoms with Crippen LogP contribution in [-0.2, 0) is 6.42 Å². The van der Waals surface area contributed by atoms with Gasteiger partial charge in [-0.05, 0) is 35.4 Å². The molecule has 4 heteroatoms. The van der Waals surface area contributed by atoms with Crippen molar-refractivity contribution in [2.45, 2.75) is 12.5 Å². The Bertz CT molecular complexity index is 502. The van der Waals surface area contributed by atoms with Gasteiger partial charge in [-0.1, -0.05) is 17.7 Å². The summed E-state index contributed by atoms with van der Waals surface area (Å²) in [4.78, 5) is 3.93. The van der Waals surface area contributed by atoms with E-state index in [1.807, 2.05) is 12.1 Å². The van der Waals surface area contributed by atoms with E-state index in [-0.39, 0.29) is 0 Å². The van der Waals surface area contributed by atoms with Gasteiger partial charge >= 0.3 is 0 Å². The van der Waals surface area contributed by atoms with Crippen LogP contribution in [0.4, 0.5) is 5.69 Å². The average molecular weight is 249 g/mol. The maximum atomic E-state index is 10.1. The second-order valence-electron chi connectivity index (χ2n) is 3.86. The Hall–Kier alpha value is -1.58. The van der Waals surface area contributed by atoms with Crippen molar-refractivity contribution in [1.29, 1.82) is 0 Å². The Morgan fingerprint density at radius 3 is 2.59 bits per heavy atom. The number of halogens is 1. The maximum absolute atomic E-state index is 10.1. The van der Waals surface area contributed by atoms with Gasteiger partial charge < -0.3 is 10.8 Å². The molecule has 3 N–H and O–H groups in total. The lowest BCUT2D eigenvalue weighted by molar-refractivity contribution is 0.178. The van der Waals surface area contributed by atoms with Crippen LogP contribution in [0.1, 0.15) is 17.2 Å². The van der Waals surface area contributed by atoms with Crippen LogP contribution < -0.4 is 5.73 Å². The van der Waals surface area contributed by atoms with Gasteiger partial charge in [0.15, 0.2) is 0 Å². The highest BCUT2D eigenvalue weighted by Gasteiger charge is 2.12. The molecule has 2 rings (SSSR count). The van der Waals surface area contributed by atoms with Crippen LogP contribution in [-0.4, -0.2) is 10.1 Å². The van der Waals surface area contributed by atoms with E-state index < -0.39 is 6.10 Å². The molecule has 0 fully saturated rings. The van der Waals surface area contributed by atoms with Crippen molar-refractivity contribution in [3.8, 4) is 0 Å². The van der Waals surface area contributed by atoms with Gasteiger partial charge in [0, 0.05) is 29.5 Å². The van der Waals surface area contributed by atoms with Gasteiger partial charge in [-0.3, -0.25) is 4.98 Å². The van der Waals surface area contributed by atoms with Crippen LogP contribution in [0.3, 0.4) is 0 Å². The number of pyridine rings is 1. The van der Waals surface area contributed by atoms with E-state index in [0.29, 0.717) is 22.7 Å². The lowest BCUT2D eigenvalue weighted by Gasteiger charge is -2.13. The summed E-state index contributed by atoms with van der Waals surface area (Å²) in [6.07, 6.45) is 3.27. The highest BCUT2D eigenvalue weighted by atomic mass is 35.5. The average Bonchev–Trinajstić information content (AvgIpc) is 2.30. The fourth-order valence-electron chi connectivity index (χ4n) is 1.67. The highest BCUT2D eigenvalue weighted by Crippen LogP contribution is 2.27. The summed E-state index contributed by atoms with van der Waals surface area (Å²) in [6.45, 7) is 0. The molecule has 0 saturated carbocycles. The van der Waals surface area contributed by atoms with Gasteiger partial charge in [0.2, 0.25) is 0 Å². The van der Waals surface area contributed by atoms with E-state index >= 15 is 0 Å². The number of aromatic nitrogens is 1. The van der Waals surface area contributed by atoms with E-state index in [1.165, 1.54) is 0 Å². The van der Waals surface area contributed by atoms with Gasteiger partial charge in [0.05, 0.1) is 6.10 Å². The molecular weight excluding hydrogens is 236 g/mol. The SMILES string of the molecule is Nc1ccc(C(O)Cc2ccncc2)c(Cl)c1. The minimum Gasteiger partial charge on any atom is -0.399 e. The first-order valence-corrected chi connectivity index (χ1v) is 5.66. The smallest absolute Gasteiger partial charge is 0.0844 e. The van der Waals surface area contributed by atoms with Crippen LogP contribution in [0, 0.1) is 0 Å². The van der Waals surface area contributed by atoms with Crippen LogP contribution >= 0.6 is 11.6 Å². The summed E-state index contributed by atoms with van der Waals surface area (Å²) in [6, 6.07) is 8.87. The minimum atomic E-state index is -0.634. The first-order chi connectivity index (χ1) is 8.16. The zero-order chi connectivity index (χ0) is 12.3. The van der Waals surface area contributed by atoms with Gasteiger partial charge in [-0.15, -0.1) is 0 Å². The maximum Gasteiger partial charge on any atom is 0.0844 e. The van der Waals surface area contributed by atoms with Gasteiger partial charge in [-0.25, -0.2) is 0 Å². The molecule has 1 heterocycles. The van der Waals surface area contributed by atoms with Crippen molar-refractivity contribution in [3.05, 3.63) is 58.9 Å². The summed E-state index contributed by atoms with van der Waals surface area (Å²) in [5.41, 5.74) is 7.90. The number of rotatable bonds is 3. The molecule has 1 aromatic heterocycles. The highest BCUT2D eigenvalue weighted by molar-refractivity contribution is 6.31. The Kier molecular flexibility index (Phi) is 3.61. The summed E-state index contributed by atoms with van der Waals surface area (Å²) < 4.78 is 0. The second kappa shape index (κ2) is 5.17. The van der Waals surface area contributed by atoms with Crippen molar-refractivity contribution in [2.24, 2.45) is 0 Å². The Balaban J connectivity index is 2.17. The zero-order valence-electron chi connectivity index (χ0n) is 9.18. The number of aliphatic hydroxyl groups excluding tert-OH is 1. The van der Waals surface area contributed by atoms with E-state index in [2.05, 4.69) is 4.98 Å². The number of anilines is 1. The van der Waals surface area contributed by atoms with Crippen LogP contribution in [0.15, 0.2) is 42.7 Å².